The highest BCUT2D eigenvalue weighted by Gasteiger charge is 2.24. The second-order valence-corrected chi connectivity index (χ2v) is 6.05. The number of carbonyl (C=O) groups is 2. The second-order valence-electron chi connectivity index (χ2n) is 6.05. The molecule has 1 saturated heterocycles. The molecule has 1 heterocycles. The van der Waals surface area contributed by atoms with Crippen molar-refractivity contribution < 1.29 is 9.59 Å². The maximum Gasteiger partial charge on any atom is 0.242 e. The zero-order chi connectivity index (χ0) is 15.4. The molecule has 1 aliphatic heterocycles. The van der Waals surface area contributed by atoms with Gasteiger partial charge in [0.25, 0.3) is 0 Å². The molecule has 118 valence electrons. The lowest BCUT2D eigenvalue weighted by molar-refractivity contribution is -0.133. The van der Waals surface area contributed by atoms with Crippen molar-refractivity contribution in [2.75, 3.05) is 32.7 Å². The Balaban J connectivity index is 1.46. The molecule has 1 atom stereocenters. The van der Waals surface area contributed by atoms with Crippen LogP contribution in [0.2, 0.25) is 0 Å². The van der Waals surface area contributed by atoms with Crippen molar-refractivity contribution in [3.63, 3.8) is 0 Å². The van der Waals surface area contributed by atoms with Crippen LogP contribution in [-0.2, 0) is 16.0 Å². The number of nitrogens with one attached hydrogen (secondary N) is 2. The van der Waals surface area contributed by atoms with Crippen LogP contribution in [0.1, 0.15) is 29.9 Å². The largest absolute Gasteiger partial charge is 0.347 e. The van der Waals surface area contributed by atoms with Crippen molar-refractivity contribution in [2.45, 2.75) is 25.2 Å². The molecule has 0 aromatic heterocycles. The number of fused-ring (bicyclic) bond motifs is 1. The second kappa shape index (κ2) is 6.92. The average Bonchev–Trinajstić information content (AvgIpc) is 2.97. The SMILES string of the molecule is O=C(C[C@H]1CCc2ccccc21)NCC(=O)N1CCNCC1. The van der Waals surface area contributed by atoms with E-state index in [4.69, 9.17) is 0 Å². The van der Waals surface area contributed by atoms with Crippen LogP contribution in [0.25, 0.3) is 0 Å². The molecule has 1 fully saturated rings. The highest BCUT2D eigenvalue weighted by molar-refractivity contribution is 5.85. The van der Waals surface area contributed by atoms with Crippen molar-refractivity contribution in [1.29, 1.82) is 0 Å². The number of hydrogen-bond acceptors (Lipinski definition) is 3. The molecule has 3 rings (SSSR count). The zero-order valence-corrected chi connectivity index (χ0v) is 12.8. The van der Waals surface area contributed by atoms with Crippen LogP contribution in [0.3, 0.4) is 0 Å². The number of piperazine rings is 1. The summed E-state index contributed by atoms with van der Waals surface area (Å²) in [7, 11) is 0. The van der Waals surface area contributed by atoms with Crippen molar-refractivity contribution in [3.05, 3.63) is 35.4 Å². The molecule has 22 heavy (non-hydrogen) atoms. The smallest absolute Gasteiger partial charge is 0.242 e. The number of amides is 2. The van der Waals surface area contributed by atoms with Crippen molar-refractivity contribution in [2.24, 2.45) is 0 Å². The molecule has 5 heteroatoms. The fourth-order valence-corrected chi connectivity index (χ4v) is 3.35. The Bertz CT molecular complexity index is 553. The summed E-state index contributed by atoms with van der Waals surface area (Å²) in [6, 6.07) is 8.34. The molecule has 0 unspecified atom stereocenters. The molecule has 0 saturated carbocycles. The standard InChI is InChI=1S/C17H23N3O2/c21-16(19-12-17(22)20-9-7-18-8-10-20)11-14-6-5-13-3-1-2-4-15(13)14/h1-4,14,18H,5-12H2,(H,19,21)/t14-/m1/s1. The lowest BCUT2D eigenvalue weighted by atomic mass is 9.97. The molecule has 0 spiro atoms. The minimum Gasteiger partial charge on any atom is -0.347 e. The lowest BCUT2D eigenvalue weighted by Crippen LogP contribution is -2.49. The van der Waals surface area contributed by atoms with Crippen LogP contribution < -0.4 is 10.6 Å². The summed E-state index contributed by atoms with van der Waals surface area (Å²) in [5, 5.41) is 6.00. The molecule has 2 aliphatic rings. The third-order valence-electron chi connectivity index (χ3n) is 4.60. The quantitative estimate of drug-likeness (QED) is 0.858. The van der Waals surface area contributed by atoms with Crippen molar-refractivity contribution in [1.82, 2.24) is 15.5 Å². The lowest BCUT2D eigenvalue weighted by Gasteiger charge is -2.27. The van der Waals surface area contributed by atoms with Crippen LogP contribution in [0.5, 0.6) is 0 Å². The number of rotatable bonds is 4. The minimum atomic E-state index is -0.0230. The van der Waals surface area contributed by atoms with E-state index in [9.17, 15) is 9.59 Å². The molecule has 0 bridgehead atoms. The van der Waals surface area contributed by atoms with Crippen LogP contribution in [0.15, 0.2) is 24.3 Å². The van der Waals surface area contributed by atoms with Gasteiger partial charge in [-0.15, -0.1) is 0 Å². The van der Waals surface area contributed by atoms with E-state index in [-0.39, 0.29) is 18.4 Å². The van der Waals surface area contributed by atoms with E-state index in [1.54, 1.807) is 0 Å². The fraction of sp³-hybridized carbons (Fsp3) is 0.529. The minimum absolute atomic E-state index is 0.0154. The molecule has 1 aliphatic carbocycles. The van der Waals surface area contributed by atoms with Gasteiger partial charge in [-0.2, -0.15) is 0 Å². The van der Waals surface area contributed by atoms with Gasteiger partial charge >= 0.3 is 0 Å². The summed E-state index contributed by atoms with van der Waals surface area (Å²) in [6.45, 7) is 3.24. The van der Waals surface area contributed by atoms with Gasteiger partial charge in [0.1, 0.15) is 0 Å². The van der Waals surface area contributed by atoms with E-state index < -0.39 is 0 Å². The third kappa shape index (κ3) is 3.47. The number of nitrogens with zero attached hydrogens (tertiary/aromatic N) is 1. The van der Waals surface area contributed by atoms with Gasteiger partial charge in [-0.05, 0) is 29.9 Å². The summed E-state index contributed by atoms with van der Waals surface area (Å²) in [6.07, 6.45) is 2.55. The summed E-state index contributed by atoms with van der Waals surface area (Å²) < 4.78 is 0. The van der Waals surface area contributed by atoms with Crippen LogP contribution in [-0.4, -0.2) is 49.4 Å². The summed E-state index contributed by atoms with van der Waals surface area (Å²) in [5.41, 5.74) is 2.66. The Labute approximate surface area is 131 Å². The average molecular weight is 301 g/mol. The molecule has 1 aromatic rings. The molecular formula is C17H23N3O2. The van der Waals surface area contributed by atoms with E-state index in [2.05, 4.69) is 22.8 Å². The molecule has 5 nitrogen and oxygen atoms in total. The number of benzene rings is 1. The fourth-order valence-electron chi connectivity index (χ4n) is 3.35. The maximum absolute atomic E-state index is 12.1. The van der Waals surface area contributed by atoms with Gasteiger partial charge in [-0.1, -0.05) is 24.3 Å². The highest BCUT2D eigenvalue weighted by atomic mass is 16.2. The first-order valence-corrected chi connectivity index (χ1v) is 8.07. The van der Waals surface area contributed by atoms with E-state index >= 15 is 0 Å². The first-order valence-electron chi connectivity index (χ1n) is 8.07. The van der Waals surface area contributed by atoms with Crippen LogP contribution in [0.4, 0.5) is 0 Å². The van der Waals surface area contributed by atoms with Crippen molar-refractivity contribution >= 4 is 11.8 Å². The van der Waals surface area contributed by atoms with Gasteiger partial charge in [0.05, 0.1) is 6.54 Å². The molecule has 2 amide bonds. The Kier molecular flexibility index (Phi) is 4.73. The van der Waals surface area contributed by atoms with Gasteiger partial charge in [0.2, 0.25) is 11.8 Å². The Hall–Kier alpha value is -1.88. The summed E-state index contributed by atoms with van der Waals surface area (Å²) in [5.74, 6) is 0.289. The molecule has 2 N–H and O–H groups in total. The topological polar surface area (TPSA) is 61.4 Å². The molecule has 1 aromatic carbocycles. The summed E-state index contributed by atoms with van der Waals surface area (Å²) >= 11 is 0. The van der Waals surface area contributed by atoms with Gasteiger partial charge in [-0.25, -0.2) is 0 Å². The monoisotopic (exact) mass is 301 g/mol. The normalized spacial score (nSPS) is 20.5. The summed E-state index contributed by atoms with van der Waals surface area (Å²) in [4.78, 5) is 25.9. The first kappa shape index (κ1) is 15.0. The number of aryl methyl sites for hydroxylation is 1. The highest BCUT2D eigenvalue weighted by Crippen LogP contribution is 2.34. The maximum atomic E-state index is 12.1. The first-order chi connectivity index (χ1) is 10.7. The molecule has 0 radical (unpaired) electrons. The van der Waals surface area contributed by atoms with Gasteiger partial charge < -0.3 is 15.5 Å². The number of carbonyl (C=O) groups excluding carboxylic acids is 2. The van der Waals surface area contributed by atoms with E-state index in [1.165, 1.54) is 11.1 Å². The van der Waals surface area contributed by atoms with E-state index in [0.29, 0.717) is 12.3 Å². The predicted octanol–water partition coefficient (Wildman–Crippen LogP) is 0.654. The Morgan fingerprint density at radius 2 is 2.00 bits per heavy atom. The van der Waals surface area contributed by atoms with Crippen molar-refractivity contribution in [3.8, 4) is 0 Å². The van der Waals surface area contributed by atoms with Crippen LogP contribution in [0, 0.1) is 0 Å². The van der Waals surface area contributed by atoms with Gasteiger partial charge in [0.15, 0.2) is 0 Å². The zero-order valence-electron chi connectivity index (χ0n) is 12.8. The van der Waals surface area contributed by atoms with E-state index in [1.807, 2.05) is 17.0 Å². The third-order valence-corrected chi connectivity index (χ3v) is 4.60. The van der Waals surface area contributed by atoms with Gasteiger partial charge in [0, 0.05) is 32.6 Å². The Morgan fingerprint density at radius 3 is 2.82 bits per heavy atom. The molecular weight excluding hydrogens is 278 g/mol. The number of hydrogen-bond donors (Lipinski definition) is 2. The van der Waals surface area contributed by atoms with Gasteiger partial charge in [-0.3, -0.25) is 9.59 Å². The predicted molar refractivity (Wildman–Crippen MR) is 84.6 cm³/mol. The van der Waals surface area contributed by atoms with Crippen LogP contribution >= 0.6 is 0 Å². The van der Waals surface area contributed by atoms with E-state index in [0.717, 1.165) is 39.0 Å². The Morgan fingerprint density at radius 1 is 1.23 bits per heavy atom.